The molecule has 0 saturated carbocycles. The maximum atomic E-state index is 12.2. The maximum Gasteiger partial charge on any atom is 0.319 e. The van der Waals surface area contributed by atoms with E-state index in [1.54, 1.807) is 18.5 Å². The van der Waals surface area contributed by atoms with Crippen molar-refractivity contribution in [2.45, 2.75) is 32.7 Å². The van der Waals surface area contributed by atoms with E-state index in [1.807, 2.05) is 13.8 Å². The SMILES string of the molecule is Cc1n[nH]c(C)c1NC(=O)NC1CCCN(c2ncccn2)C1. The highest BCUT2D eigenvalue weighted by atomic mass is 16.2. The fourth-order valence-corrected chi connectivity index (χ4v) is 2.80. The lowest BCUT2D eigenvalue weighted by molar-refractivity contribution is 0.246. The number of aromatic nitrogens is 4. The third-order valence-electron chi connectivity index (χ3n) is 3.96. The van der Waals surface area contributed by atoms with Gasteiger partial charge in [0.05, 0.1) is 17.1 Å². The van der Waals surface area contributed by atoms with Crippen LogP contribution < -0.4 is 15.5 Å². The summed E-state index contributed by atoms with van der Waals surface area (Å²) in [4.78, 5) is 22.9. The lowest BCUT2D eigenvalue weighted by atomic mass is 10.1. The molecule has 3 N–H and O–H groups in total. The lowest BCUT2D eigenvalue weighted by Crippen LogP contribution is -2.49. The van der Waals surface area contributed by atoms with E-state index in [-0.39, 0.29) is 12.1 Å². The number of hydrogen-bond acceptors (Lipinski definition) is 5. The Morgan fingerprint density at radius 1 is 1.35 bits per heavy atom. The highest BCUT2D eigenvalue weighted by Crippen LogP contribution is 2.17. The van der Waals surface area contributed by atoms with Crippen LogP contribution in [0.4, 0.5) is 16.4 Å². The number of aromatic amines is 1. The summed E-state index contributed by atoms with van der Waals surface area (Å²) in [6, 6.07) is 1.66. The maximum absolute atomic E-state index is 12.2. The summed E-state index contributed by atoms with van der Waals surface area (Å²) in [5, 5.41) is 12.8. The van der Waals surface area contributed by atoms with Gasteiger partial charge < -0.3 is 15.5 Å². The molecule has 1 atom stereocenters. The predicted molar refractivity (Wildman–Crippen MR) is 87.5 cm³/mol. The van der Waals surface area contributed by atoms with Crippen molar-refractivity contribution < 1.29 is 4.79 Å². The first-order valence-electron chi connectivity index (χ1n) is 7.74. The van der Waals surface area contributed by atoms with Gasteiger partial charge in [-0.3, -0.25) is 5.10 Å². The fourth-order valence-electron chi connectivity index (χ4n) is 2.80. The van der Waals surface area contributed by atoms with Crippen LogP contribution in [0.15, 0.2) is 18.5 Å². The molecule has 8 nitrogen and oxygen atoms in total. The molecule has 122 valence electrons. The summed E-state index contributed by atoms with van der Waals surface area (Å²) in [6.45, 7) is 5.35. The molecule has 2 amide bonds. The zero-order chi connectivity index (χ0) is 16.2. The Bertz CT molecular complexity index is 650. The molecule has 1 fully saturated rings. The van der Waals surface area contributed by atoms with Gasteiger partial charge in [-0.05, 0) is 32.8 Å². The first-order chi connectivity index (χ1) is 11.1. The van der Waals surface area contributed by atoms with Gasteiger partial charge in [-0.15, -0.1) is 0 Å². The second-order valence-electron chi connectivity index (χ2n) is 5.74. The first-order valence-corrected chi connectivity index (χ1v) is 7.74. The Morgan fingerprint density at radius 2 is 2.13 bits per heavy atom. The van der Waals surface area contributed by atoms with Crippen LogP contribution in [-0.4, -0.2) is 45.3 Å². The van der Waals surface area contributed by atoms with E-state index in [4.69, 9.17) is 0 Å². The Labute approximate surface area is 134 Å². The van der Waals surface area contributed by atoms with Gasteiger partial charge in [0, 0.05) is 31.5 Å². The molecule has 2 aromatic rings. The van der Waals surface area contributed by atoms with E-state index in [2.05, 4.69) is 35.7 Å². The molecule has 0 aliphatic carbocycles. The second kappa shape index (κ2) is 6.64. The van der Waals surface area contributed by atoms with E-state index in [0.717, 1.165) is 36.5 Å². The minimum Gasteiger partial charge on any atom is -0.339 e. The van der Waals surface area contributed by atoms with Crippen LogP contribution in [0.1, 0.15) is 24.2 Å². The summed E-state index contributed by atoms with van der Waals surface area (Å²) in [6.07, 6.45) is 5.40. The topological polar surface area (TPSA) is 98.8 Å². The number of nitrogens with zero attached hydrogens (tertiary/aromatic N) is 4. The van der Waals surface area contributed by atoms with Crippen LogP contribution in [0, 0.1) is 13.8 Å². The highest BCUT2D eigenvalue weighted by molar-refractivity contribution is 5.90. The number of anilines is 2. The van der Waals surface area contributed by atoms with Gasteiger partial charge in [-0.2, -0.15) is 5.10 Å². The van der Waals surface area contributed by atoms with Gasteiger partial charge in [0.2, 0.25) is 5.95 Å². The third kappa shape index (κ3) is 3.58. The summed E-state index contributed by atoms with van der Waals surface area (Å²) in [5.41, 5.74) is 2.36. The number of aryl methyl sites for hydroxylation is 2. The molecule has 0 bridgehead atoms. The van der Waals surface area contributed by atoms with Crippen LogP contribution in [0.5, 0.6) is 0 Å². The third-order valence-corrected chi connectivity index (χ3v) is 3.96. The number of H-pyrrole nitrogens is 1. The van der Waals surface area contributed by atoms with Crippen molar-refractivity contribution >= 4 is 17.7 Å². The largest absolute Gasteiger partial charge is 0.339 e. The summed E-state index contributed by atoms with van der Waals surface area (Å²) in [7, 11) is 0. The van der Waals surface area contributed by atoms with E-state index in [1.165, 1.54) is 0 Å². The van der Waals surface area contributed by atoms with Crippen molar-refractivity contribution in [3.63, 3.8) is 0 Å². The normalized spacial score (nSPS) is 17.8. The first kappa shape index (κ1) is 15.3. The molecular weight excluding hydrogens is 294 g/mol. The number of carbonyl (C=O) groups excluding carboxylic acids is 1. The molecule has 0 spiro atoms. The molecule has 1 aliphatic rings. The van der Waals surface area contributed by atoms with Crippen molar-refractivity contribution in [2.24, 2.45) is 0 Å². The van der Waals surface area contributed by atoms with Gasteiger partial charge in [0.15, 0.2) is 0 Å². The monoisotopic (exact) mass is 315 g/mol. The molecule has 3 heterocycles. The van der Waals surface area contributed by atoms with Gasteiger partial charge in [0.25, 0.3) is 0 Å². The summed E-state index contributed by atoms with van der Waals surface area (Å²) >= 11 is 0. The number of nitrogens with one attached hydrogen (secondary N) is 3. The van der Waals surface area contributed by atoms with Gasteiger partial charge in [0.1, 0.15) is 0 Å². The van der Waals surface area contributed by atoms with Crippen molar-refractivity contribution in [3.8, 4) is 0 Å². The smallest absolute Gasteiger partial charge is 0.319 e. The van der Waals surface area contributed by atoms with E-state index < -0.39 is 0 Å². The van der Waals surface area contributed by atoms with Crippen LogP contribution in [0.2, 0.25) is 0 Å². The average molecular weight is 315 g/mol. The predicted octanol–water partition coefficient (Wildman–Crippen LogP) is 1.61. The molecule has 2 aromatic heterocycles. The van der Waals surface area contributed by atoms with Crippen LogP contribution in [-0.2, 0) is 0 Å². The average Bonchev–Trinajstić information content (AvgIpc) is 2.88. The summed E-state index contributed by atoms with van der Waals surface area (Å²) in [5.74, 6) is 0.709. The Balaban J connectivity index is 1.58. The standard InChI is InChI=1S/C15H21N7O/c1-10-13(11(2)21-20-10)19-15(23)18-12-5-3-8-22(9-12)14-16-6-4-7-17-14/h4,6-7,12H,3,5,8-9H2,1-2H3,(H,20,21)(H2,18,19,23). The highest BCUT2D eigenvalue weighted by Gasteiger charge is 2.23. The molecular formula is C15H21N7O. The number of carbonyl (C=O) groups is 1. The molecule has 0 radical (unpaired) electrons. The number of rotatable bonds is 3. The number of amides is 2. The van der Waals surface area contributed by atoms with Crippen LogP contribution in [0.25, 0.3) is 0 Å². The minimum absolute atomic E-state index is 0.0695. The lowest BCUT2D eigenvalue weighted by Gasteiger charge is -2.33. The molecule has 1 aliphatic heterocycles. The van der Waals surface area contributed by atoms with Gasteiger partial charge >= 0.3 is 6.03 Å². The quantitative estimate of drug-likeness (QED) is 0.799. The van der Waals surface area contributed by atoms with Gasteiger partial charge in [-0.25, -0.2) is 14.8 Å². The zero-order valence-corrected chi connectivity index (χ0v) is 13.3. The minimum atomic E-state index is -0.210. The zero-order valence-electron chi connectivity index (χ0n) is 13.3. The summed E-state index contributed by atoms with van der Waals surface area (Å²) < 4.78 is 0. The number of piperidine rings is 1. The molecule has 3 rings (SSSR count). The van der Waals surface area contributed by atoms with E-state index in [0.29, 0.717) is 12.5 Å². The van der Waals surface area contributed by atoms with E-state index in [9.17, 15) is 4.79 Å². The van der Waals surface area contributed by atoms with Crippen molar-refractivity contribution in [1.82, 2.24) is 25.5 Å². The van der Waals surface area contributed by atoms with E-state index >= 15 is 0 Å². The van der Waals surface area contributed by atoms with Crippen molar-refractivity contribution in [2.75, 3.05) is 23.3 Å². The van der Waals surface area contributed by atoms with Crippen molar-refractivity contribution in [1.29, 1.82) is 0 Å². The van der Waals surface area contributed by atoms with Crippen LogP contribution >= 0.6 is 0 Å². The second-order valence-corrected chi connectivity index (χ2v) is 5.74. The Hall–Kier alpha value is -2.64. The van der Waals surface area contributed by atoms with Crippen LogP contribution in [0.3, 0.4) is 0 Å². The Kier molecular flexibility index (Phi) is 4.40. The van der Waals surface area contributed by atoms with Gasteiger partial charge in [-0.1, -0.05) is 0 Å². The molecule has 1 saturated heterocycles. The molecule has 0 aromatic carbocycles. The molecule has 1 unspecified atom stereocenters. The fraction of sp³-hybridized carbons (Fsp3) is 0.467. The van der Waals surface area contributed by atoms with Crippen molar-refractivity contribution in [3.05, 3.63) is 29.8 Å². The molecule has 23 heavy (non-hydrogen) atoms. The Morgan fingerprint density at radius 3 is 2.83 bits per heavy atom. The number of hydrogen-bond donors (Lipinski definition) is 3. The number of urea groups is 1. The molecule has 8 heteroatoms.